The van der Waals surface area contributed by atoms with Crippen LogP contribution in [0.3, 0.4) is 0 Å². The molecule has 0 bridgehead atoms. The number of para-hydroxylation sites is 2. The van der Waals surface area contributed by atoms with Crippen molar-refractivity contribution in [2.75, 3.05) is 5.32 Å². The minimum Gasteiger partial charge on any atom is -0.410 e. The molecule has 0 atom stereocenters. The van der Waals surface area contributed by atoms with Crippen LogP contribution in [0.2, 0.25) is 0 Å². The Labute approximate surface area is 106 Å². The van der Waals surface area contributed by atoms with E-state index in [-0.39, 0.29) is 0 Å². The first-order chi connectivity index (χ1) is 8.66. The van der Waals surface area contributed by atoms with Crippen molar-refractivity contribution in [3.63, 3.8) is 0 Å². The van der Waals surface area contributed by atoms with Gasteiger partial charge in [-0.3, -0.25) is 5.32 Å². The molecule has 2 aromatic carbocycles. The Morgan fingerprint density at radius 3 is 2.22 bits per heavy atom. The van der Waals surface area contributed by atoms with E-state index in [9.17, 15) is 4.79 Å². The Kier molecular flexibility index (Phi) is 3.63. The first-order valence-electron chi connectivity index (χ1n) is 5.77. The number of hydrogen-bond donors (Lipinski definition) is 1. The molecule has 0 aliphatic carbocycles. The van der Waals surface area contributed by atoms with E-state index in [2.05, 4.69) is 5.32 Å². The zero-order chi connectivity index (χ0) is 13.0. The highest BCUT2D eigenvalue weighted by atomic mass is 16.6. The van der Waals surface area contributed by atoms with Crippen LogP contribution in [0.15, 0.2) is 48.5 Å². The standard InChI is InChI=1S/C15H15NO2/c1-11-7-3-5-9-13(11)16-15(17)18-14-10-6-4-8-12(14)2/h3-10H,1-2H3,(H,16,17). The van der Waals surface area contributed by atoms with Crippen LogP contribution in [0, 0.1) is 13.8 Å². The summed E-state index contributed by atoms with van der Waals surface area (Å²) in [6, 6.07) is 15.0. The summed E-state index contributed by atoms with van der Waals surface area (Å²) in [5, 5.41) is 2.72. The number of carbonyl (C=O) groups is 1. The summed E-state index contributed by atoms with van der Waals surface area (Å²) >= 11 is 0. The van der Waals surface area contributed by atoms with E-state index in [1.54, 1.807) is 6.07 Å². The second kappa shape index (κ2) is 5.36. The summed E-state index contributed by atoms with van der Waals surface area (Å²) in [5.74, 6) is 0.573. The van der Waals surface area contributed by atoms with Gasteiger partial charge >= 0.3 is 6.09 Å². The Morgan fingerprint density at radius 2 is 1.56 bits per heavy atom. The maximum Gasteiger partial charge on any atom is 0.417 e. The minimum atomic E-state index is -0.474. The van der Waals surface area contributed by atoms with Gasteiger partial charge < -0.3 is 4.74 Å². The first-order valence-corrected chi connectivity index (χ1v) is 5.77. The van der Waals surface area contributed by atoms with Crippen LogP contribution >= 0.6 is 0 Å². The van der Waals surface area contributed by atoms with Crippen LogP contribution in [-0.4, -0.2) is 6.09 Å². The third-order valence-electron chi connectivity index (χ3n) is 2.68. The van der Waals surface area contributed by atoms with E-state index >= 15 is 0 Å². The van der Waals surface area contributed by atoms with Crippen molar-refractivity contribution in [2.45, 2.75) is 13.8 Å². The molecular formula is C15H15NO2. The molecule has 18 heavy (non-hydrogen) atoms. The summed E-state index contributed by atoms with van der Waals surface area (Å²) in [5.41, 5.74) is 2.69. The normalized spacial score (nSPS) is 9.89. The predicted octanol–water partition coefficient (Wildman–Crippen LogP) is 3.91. The number of aryl methyl sites for hydroxylation is 2. The van der Waals surface area contributed by atoms with Gasteiger partial charge in [0.15, 0.2) is 0 Å². The largest absolute Gasteiger partial charge is 0.417 e. The molecule has 0 unspecified atom stereocenters. The maximum atomic E-state index is 11.8. The Hall–Kier alpha value is -2.29. The fourth-order valence-electron chi connectivity index (χ4n) is 1.62. The van der Waals surface area contributed by atoms with Gasteiger partial charge in [-0.15, -0.1) is 0 Å². The van der Waals surface area contributed by atoms with Crippen molar-refractivity contribution in [1.29, 1.82) is 0 Å². The van der Waals surface area contributed by atoms with E-state index in [1.165, 1.54) is 0 Å². The molecule has 0 saturated heterocycles. The number of ether oxygens (including phenoxy) is 1. The average Bonchev–Trinajstić information content (AvgIpc) is 2.35. The Bertz CT molecular complexity index is 514. The van der Waals surface area contributed by atoms with Crippen molar-refractivity contribution < 1.29 is 9.53 Å². The van der Waals surface area contributed by atoms with Gasteiger partial charge in [-0.2, -0.15) is 0 Å². The minimum absolute atomic E-state index is 0.474. The summed E-state index contributed by atoms with van der Waals surface area (Å²) < 4.78 is 5.25. The summed E-state index contributed by atoms with van der Waals surface area (Å²) in [7, 11) is 0. The number of anilines is 1. The van der Waals surface area contributed by atoms with Crippen LogP contribution in [0.5, 0.6) is 5.75 Å². The molecule has 0 aliphatic heterocycles. The quantitative estimate of drug-likeness (QED) is 0.865. The molecule has 0 spiro atoms. The summed E-state index contributed by atoms with van der Waals surface area (Å²) in [4.78, 5) is 11.8. The number of rotatable bonds is 2. The second-order valence-corrected chi connectivity index (χ2v) is 4.09. The highest BCUT2D eigenvalue weighted by Crippen LogP contribution is 2.18. The van der Waals surface area contributed by atoms with Gasteiger partial charge in [0.05, 0.1) is 0 Å². The molecule has 0 aliphatic rings. The molecular weight excluding hydrogens is 226 g/mol. The monoisotopic (exact) mass is 241 g/mol. The van der Waals surface area contributed by atoms with Crippen LogP contribution < -0.4 is 10.1 Å². The lowest BCUT2D eigenvalue weighted by atomic mass is 10.2. The average molecular weight is 241 g/mol. The number of hydrogen-bond acceptors (Lipinski definition) is 2. The molecule has 0 heterocycles. The molecule has 2 aromatic rings. The van der Waals surface area contributed by atoms with E-state index in [1.807, 2.05) is 56.3 Å². The third kappa shape index (κ3) is 2.88. The number of carbonyl (C=O) groups excluding carboxylic acids is 1. The zero-order valence-corrected chi connectivity index (χ0v) is 10.4. The van der Waals surface area contributed by atoms with Crippen molar-refractivity contribution in [3.8, 4) is 5.75 Å². The predicted molar refractivity (Wildman–Crippen MR) is 72.0 cm³/mol. The van der Waals surface area contributed by atoms with E-state index < -0.39 is 6.09 Å². The summed E-state index contributed by atoms with van der Waals surface area (Å²) in [6.45, 7) is 3.83. The molecule has 1 amide bonds. The second-order valence-electron chi connectivity index (χ2n) is 4.09. The van der Waals surface area contributed by atoms with Gasteiger partial charge in [0.1, 0.15) is 5.75 Å². The smallest absolute Gasteiger partial charge is 0.410 e. The first kappa shape index (κ1) is 12.2. The van der Waals surface area contributed by atoms with Crippen molar-refractivity contribution in [1.82, 2.24) is 0 Å². The zero-order valence-electron chi connectivity index (χ0n) is 10.4. The SMILES string of the molecule is Cc1ccccc1NC(=O)Oc1ccccc1C. The molecule has 3 heteroatoms. The van der Waals surface area contributed by atoms with Crippen LogP contribution in [-0.2, 0) is 0 Å². The molecule has 0 fully saturated rings. The fraction of sp³-hybridized carbons (Fsp3) is 0.133. The Balaban J connectivity index is 2.06. The maximum absolute atomic E-state index is 11.8. The highest BCUT2D eigenvalue weighted by Gasteiger charge is 2.07. The lowest BCUT2D eigenvalue weighted by molar-refractivity contribution is 0.215. The van der Waals surface area contributed by atoms with Crippen molar-refractivity contribution in [2.24, 2.45) is 0 Å². The Morgan fingerprint density at radius 1 is 0.944 bits per heavy atom. The van der Waals surface area contributed by atoms with E-state index in [0.29, 0.717) is 5.75 Å². The van der Waals surface area contributed by atoms with Crippen molar-refractivity contribution in [3.05, 3.63) is 59.7 Å². The third-order valence-corrected chi connectivity index (χ3v) is 2.68. The number of nitrogens with one attached hydrogen (secondary N) is 1. The van der Waals surface area contributed by atoms with Gasteiger partial charge in [0, 0.05) is 5.69 Å². The van der Waals surface area contributed by atoms with Crippen LogP contribution in [0.25, 0.3) is 0 Å². The molecule has 0 aromatic heterocycles. The van der Waals surface area contributed by atoms with Crippen LogP contribution in [0.4, 0.5) is 10.5 Å². The van der Waals surface area contributed by atoms with Gasteiger partial charge in [0.25, 0.3) is 0 Å². The molecule has 92 valence electrons. The van der Waals surface area contributed by atoms with Gasteiger partial charge in [-0.25, -0.2) is 4.79 Å². The highest BCUT2D eigenvalue weighted by molar-refractivity contribution is 5.87. The number of benzene rings is 2. The molecule has 0 radical (unpaired) electrons. The van der Waals surface area contributed by atoms with Gasteiger partial charge in [-0.1, -0.05) is 36.4 Å². The van der Waals surface area contributed by atoms with Gasteiger partial charge in [0.2, 0.25) is 0 Å². The molecule has 1 N–H and O–H groups in total. The van der Waals surface area contributed by atoms with Crippen molar-refractivity contribution >= 4 is 11.8 Å². The van der Waals surface area contributed by atoms with Crippen LogP contribution in [0.1, 0.15) is 11.1 Å². The van der Waals surface area contributed by atoms with E-state index in [4.69, 9.17) is 4.74 Å². The summed E-state index contributed by atoms with van der Waals surface area (Å²) in [6.07, 6.45) is -0.474. The molecule has 2 rings (SSSR count). The fourth-order valence-corrected chi connectivity index (χ4v) is 1.62. The molecule has 3 nitrogen and oxygen atoms in total. The number of amides is 1. The van der Waals surface area contributed by atoms with Gasteiger partial charge in [-0.05, 0) is 37.1 Å². The molecule has 0 saturated carbocycles. The topological polar surface area (TPSA) is 38.3 Å². The lowest BCUT2D eigenvalue weighted by Crippen LogP contribution is -2.17. The lowest BCUT2D eigenvalue weighted by Gasteiger charge is -2.10. The van der Waals surface area contributed by atoms with E-state index in [0.717, 1.165) is 16.8 Å².